The molecule has 0 radical (unpaired) electrons. The number of likely N-dealkylation sites (tertiary alicyclic amines) is 1. The number of hydrogen-bond acceptors (Lipinski definition) is 3. The Kier molecular flexibility index (Phi) is 6.15. The highest BCUT2D eigenvalue weighted by atomic mass is 16.5. The van der Waals surface area contributed by atoms with Crippen LogP contribution in [0.2, 0.25) is 0 Å². The van der Waals surface area contributed by atoms with Gasteiger partial charge in [0.05, 0.1) is 12.7 Å². The van der Waals surface area contributed by atoms with Gasteiger partial charge in [-0.05, 0) is 39.4 Å². The van der Waals surface area contributed by atoms with Crippen molar-refractivity contribution in [1.82, 2.24) is 10.2 Å². The normalized spacial score (nSPS) is 20.1. The Bertz CT molecular complexity index is 135. The maximum atomic E-state index is 5.79. The largest absolute Gasteiger partial charge is 0.376 e. The molecule has 1 saturated heterocycles. The molecule has 0 saturated carbocycles. The van der Waals surface area contributed by atoms with Gasteiger partial charge in [0.15, 0.2) is 0 Å². The molecule has 14 heavy (non-hydrogen) atoms. The predicted octanol–water partition coefficient (Wildman–Crippen LogP) is 1.10. The van der Waals surface area contributed by atoms with E-state index in [0.29, 0.717) is 6.10 Å². The van der Waals surface area contributed by atoms with Gasteiger partial charge in [0.1, 0.15) is 0 Å². The van der Waals surface area contributed by atoms with Crippen LogP contribution >= 0.6 is 0 Å². The van der Waals surface area contributed by atoms with Crippen LogP contribution in [-0.4, -0.2) is 50.8 Å². The van der Waals surface area contributed by atoms with E-state index < -0.39 is 0 Å². The van der Waals surface area contributed by atoms with Crippen molar-refractivity contribution in [2.24, 2.45) is 0 Å². The number of hydrogen-bond donors (Lipinski definition) is 1. The standard InChI is InChI=1S/C11H24N2O/c1-3-11(10-12-2)14-9-8-13-6-4-5-7-13/h11-12H,3-10H2,1-2H3. The van der Waals surface area contributed by atoms with Crippen molar-refractivity contribution in [3.05, 3.63) is 0 Å². The van der Waals surface area contributed by atoms with Crippen LogP contribution in [0.5, 0.6) is 0 Å². The molecule has 1 unspecified atom stereocenters. The lowest BCUT2D eigenvalue weighted by atomic mass is 10.3. The van der Waals surface area contributed by atoms with E-state index in [4.69, 9.17) is 4.74 Å². The van der Waals surface area contributed by atoms with Gasteiger partial charge in [-0.2, -0.15) is 0 Å². The topological polar surface area (TPSA) is 24.5 Å². The molecule has 0 aromatic heterocycles. The molecule has 1 aliphatic heterocycles. The van der Waals surface area contributed by atoms with Crippen LogP contribution in [0.3, 0.4) is 0 Å². The minimum atomic E-state index is 0.391. The summed E-state index contributed by atoms with van der Waals surface area (Å²) in [6.07, 6.45) is 4.23. The Morgan fingerprint density at radius 2 is 2.07 bits per heavy atom. The van der Waals surface area contributed by atoms with Crippen LogP contribution < -0.4 is 5.32 Å². The zero-order valence-corrected chi connectivity index (χ0v) is 9.59. The van der Waals surface area contributed by atoms with Gasteiger partial charge < -0.3 is 15.0 Å². The van der Waals surface area contributed by atoms with Crippen molar-refractivity contribution in [2.75, 3.05) is 39.8 Å². The molecular weight excluding hydrogens is 176 g/mol. The highest BCUT2D eigenvalue weighted by Gasteiger charge is 2.11. The van der Waals surface area contributed by atoms with Gasteiger partial charge in [-0.3, -0.25) is 0 Å². The number of rotatable bonds is 7. The third-order valence-corrected chi connectivity index (χ3v) is 2.85. The van der Waals surface area contributed by atoms with E-state index in [2.05, 4.69) is 17.1 Å². The van der Waals surface area contributed by atoms with E-state index in [-0.39, 0.29) is 0 Å². The third kappa shape index (κ3) is 4.40. The van der Waals surface area contributed by atoms with E-state index in [0.717, 1.165) is 26.1 Å². The van der Waals surface area contributed by atoms with Crippen LogP contribution in [-0.2, 0) is 4.74 Å². The van der Waals surface area contributed by atoms with Gasteiger partial charge >= 0.3 is 0 Å². The fourth-order valence-electron chi connectivity index (χ4n) is 1.90. The lowest BCUT2D eigenvalue weighted by Gasteiger charge is -2.19. The summed E-state index contributed by atoms with van der Waals surface area (Å²) in [5, 5.41) is 3.16. The number of likely N-dealkylation sites (N-methyl/N-ethyl adjacent to an activating group) is 1. The zero-order chi connectivity index (χ0) is 10.2. The smallest absolute Gasteiger partial charge is 0.0697 e. The van der Waals surface area contributed by atoms with Crippen molar-refractivity contribution >= 4 is 0 Å². The summed E-state index contributed by atoms with van der Waals surface area (Å²) < 4.78 is 5.79. The molecule has 1 N–H and O–H groups in total. The molecule has 0 bridgehead atoms. The van der Waals surface area contributed by atoms with Crippen LogP contribution in [0.4, 0.5) is 0 Å². The molecule has 0 amide bonds. The Morgan fingerprint density at radius 1 is 1.36 bits per heavy atom. The molecule has 0 aromatic rings. The van der Waals surface area contributed by atoms with E-state index in [1.165, 1.54) is 25.9 Å². The summed E-state index contributed by atoms with van der Waals surface area (Å²) in [5.41, 5.74) is 0. The van der Waals surface area contributed by atoms with Crippen molar-refractivity contribution in [3.63, 3.8) is 0 Å². The summed E-state index contributed by atoms with van der Waals surface area (Å²) in [6, 6.07) is 0. The highest BCUT2D eigenvalue weighted by molar-refractivity contribution is 4.66. The monoisotopic (exact) mass is 200 g/mol. The molecule has 1 fully saturated rings. The first-order valence-electron chi connectivity index (χ1n) is 5.85. The summed E-state index contributed by atoms with van der Waals surface area (Å²) in [6.45, 7) is 7.69. The molecule has 1 atom stereocenters. The maximum absolute atomic E-state index is 5.79. The second kappa shape index (κ2) is 7.21. The lowest BCUT2D eigenvalue weighted by molar-refractivity contribution is 0.0400. The molecule has 3 nitrogen and oxygen atoms in total. The van der Waals surface area contributed by atoms with Crippen molar-refractivity contribution in [2.45, 2.75) is 32.3 Å². The van der Waals surface area contributed by atoms with Gasteiger partial charge in [0.25, 0.3) is 0 Å². The molecule has 1 aliphatic rings. The maximum Gasteiger partial charge on any atom is 0.0697 e. The quantitative estimate of drug-likeness (QED) is 0.666. The first-order chi connectivity index (χ1) is 6.86. The van der Waals surface area contributed by atoms with E-state index in [1.807, 2.05) is 7.05 Å². The summed E-state index contributed by atoms with van der Waals surface area (Å²) in [4.78, 5) is 2.49. The second-order valence-electron chi connectivity index (χ2n) is 4.01. The second-order valence-corrected chi connectivity index (χ2v) is 4.01. The summed E-state index contributed by atoms with van der Waals surface area (Å²) in [5.74, 6) is 0. The molecule has 84 valence electrons. The minimum absolute atomic E-state index is 0.391. The number of ether oxygens (including phenoxy) is 1. The first-order valence-corrected chi connectivity index (χ1v) is 5.85. The molecule has 0 aromatic carbocycles. The van der Waals surface area contributed by atoms with Gasteiger partial charge in [-0.25, -0.2) is 0 Å². The van der Waals surface area contributed by atoms with E-state index >= 15 is 0 Å². The number of nitrogens with one attached hydrogen (secondary N) is 1. The molecule has 0 aliphatic carbocycles. The van der Waals surface area contributed by atoms with Gasteiger partial charge in [0, 0.05) is 13.1 Å². The average Bonchev–Trinajstić information content (AvgIpc) is 2.69. The van der Waals surface area contributed by atoms with E-state index in [9.17, 15) is 0 Å². The van der Waals surface area contributed by atoms with Gasteiger partial charge in [-0.1, -0.05) is 6.92 Å². The van der Waals surface area contributed by atoms with E-state index in [1.54, 1.807) is 0 Å². The summed E-state index contributed by atoms with van der Waals surface area (Å²) >= 11 is 0. The van der Waals surface area contributed by atoms with Crippen molar-refractivity contribution < 1.29 is 4.74 Å². The lowest BCUT2D eigenvalue weighted by Crippen LogP contribution is -2.30. The van der Waals surface area contributed by atoms with Gasteiger partial charge in [-0.15, -0.1) is 0 Å². The van der Waals surface area contributed by atoms with Crippen molar-refractivity contribution in [3.8, 4) is 0 Å². The Balaban J connectivity index is 2.00. The Hall–Kier alpha value is -0.120. The molecule has 3 heteroatoms. The number of nitrogens with zero attached hydrogens (tertiary/aromatic N) is 1. The van der Waals surface area contributed by atoms with Crippen molar-refractivity contribution in [1.29, 1.82) is 0 Å². The fraction of sp³-hybridized carbons (Fsp3) is 1.00. The highest BCUT2D eigenvalue weighted by Crippen LogP contribution is 2.06. The van der Waals surface area contributed by atoms with Crippen LogP contribution in [0, 0.1) is 0 Å². The first kappa shape index (κ1) is 12.0. The average molecular weight is 200 g/mol. The minimum Gasteiger partial charge on any atom is -0.376 e. The van der Waals surface area contributed by atoms with Crippen LogP contribution in [0.25, 0.3) is 0 Å². The molecular formula is C11H24N2O. The SMILES string of the molecule is CCC(CNC)OCCN1CCCC1. The molecule has 0 spiro atoms. The molecule has 1 heterocycles. The van der Waals surface area contributed by atoms with Crippen LogP contribution in [0.1, 0.15) is 26.2 Å². The summed E-state index contributed by atoms with van der Waals surface area (Å²) in [7, 11) is 1.98. The van der Waals surface area contributed by atoms with Crippen LogP contribution in [0.15, 0.2) is 0 Å². The third-order valence-electron chi connectivity index (χ3n) is 2.85. The zero-order valence-electron chi connectivity index (χ0n) is 9.59. The fourth-order valence-corrected chi connectivity index (χ4v) is 1.90. The predicted molar refractivity (Wildman–Crippen MR) is 59.6 cm³/mol. The molecule has 1 rings (SSSR count). The Morgan fingerprint density at radius 3 is 2.64 bits per heavy atom. The van der Waals surface area contributed by atoms with Gasteiger partial charge in [0.2, 0.25) is 0 Å². The Labute approximate surface area is 87.8 Å².